The quantitative estimate of drug-likeness (QED) is 0.287. The first-order valence-electron chi connectivity index (χ1n) is 8.24. The lowest BCUT2D eigenvalue weighted by atomic mass is 10.1. The lowest BCUT2D eigenvalue weighted by Crippen LogP contribution is -2.21. The normalized spacial score (nSPS) is 15.8. The molecule has 6 nitrogen and oxygen atoms in total. The van der Waals surface area contributed by atoms with Crippen LogP contribution in [0.1, 0.15) is 53.4 Å². The molecular weight excluding hydrogens is 362 g/mol. The Morgan fingerprint density at radius 1 is 0.880 bits per heavy atom. The Morgan fingerprint density at radius 3 is 1.92 bits per heavy atom. The summed E-state index contributed by atoms with van der Waals surface area (Å²) in [5.74, 6) is -1.38. The summed E-state index contributed by atoms with van der Waals surface area (Å²) in [5, 5.41) is 0. The highest BCUT2D eigenvalue weighted by Crippen LogP contribution is 2.46. The molecule has 25 heavy (non-hydrogen) atoms. The van der Waals surface area contributed by atoms with Gasteiger partial charge in [0.1, 0.15) is 0 Å². The maximum Gasteiger partial charge on any atom is 0.0878 e. The number of hydrogen-bond acceptors (Lipinski definition) is 6. The molecule has 1 atom stereocenters. The summed E-state index contributed by atoms with van der Waals surface area (Å²) in [4.78, 5) is 32.3. The van der Waals surface area contributed by atoms with Gasteiger partial charge in [0.15, 0.2) is 0 Å². The summed E-state index contributed by atoms with van der Waals surface area (Å²) in [5.41, 5.74) is 3.73. The number of ether oxygens (including phenoxy) is 1. The van der Waals surface area contributed by atoms with Gasteiger partial charge in [0.2, 0.25) is 0 Å². The highest BCUT2D eigenvalue weighted by molar-refractivity contribution is 7.70. The van der Waals surface area contributed by atoms with Gasteiger partial charge in [-0.05, 0) is 53.4 Å². The lowest BCUT2D eigenvalue weighted by Gasteiger charge is -2.36. The highest BCUT2D eigenvalue weighted by atomic mass is 31.2. The molecule has 1 unspecified atom stereocenters. The second kappa shape index (κ2) is 12.0. The zero-order chi connectivity index (χ0) is 19.5. The van der Waals surface area contributed by atoms with E-state index in [2.05, 4.69) is 32.9 Å². The van der Waals surface area contributed by atoms with Crippen LogP contribution in [0.2, 0.25) is 0 Å². The summed E-state index contributed by atoms with van der Waals surface area (Å²) >= 11 is 0. The third-order valence-electron chi connectivity index (χ3n) is 3.35. The van der Waals surface area contributed by atoms with Crippen molar-refractivity contribution in [1.29, 1.82) is 0 Å². The van der Waals surface area contributed by atoms with Crippen molar-refractivity contribution in [3.8, 4) is 0 Å². The molecule has 146 valence electrons. The minimum Gasteiger partial charge on any atom is -0.810 e. The smallest absolute Gasteiger partial charge is 0.0878 e. The van der Waals surface area contributed by atoms with Crippen LogP contribution >= 0.6 is 15.0 Å². The minimum atomic E-state index is -5.07. The van der Waals surface area contributed by atoms with Gasteiger partial charge in [-0.2, -0.15) is 0 Å². The van der Waals surface area contributed by atoms with Gasteiger partial charge in [0.05, 0.1) is 13.0 Å². The second-order valence-corrected chi connectivity index (χ2v) is 10.8. The van der Waals surface area contributed by atoms with Crippen LogP contribution in [0.25, 0.3) is 0 Å². The average Bonchev–Trinajstić information content (AvgIpc) is 2.40. The molecule has 0 rings (SSSR count). The Labute approximate surface area is 151 Å². The molecule has 8 heteroatoms. The fraction of sp³-hybridized carbons (Fsp3) is 0.647. The van der Waals surface area contributed by atoms with Crippen LogP contribution in [0.4, 0.5) is 0 Å². The van der Waals surface area contributed by atoms with E-state index in [4.69, 9.17) is 4.74 Å². The van der Waals surface area contributed by atoms with E-state index in [1.807, 2.05) is 6.92 Å². The average molecular weight is 391 g/mol. The van der Waals surface area contributed by atoms with Gasteiger partial charge >= 0.3 is 0 Å². The van der Waals surface area contributed by atoms with E-state index < -0.39 is 27.2 Å². The van der Waals surface area contributed by atoms with Gasteiger partial charge < -0.3 is 28.5 Å². The predicted octanol–water partition coefficient (Wildman–Crippen LogP) is 2.89. The van der Waals surface area contributed by atoms with Crippen molar-refractivity contribution in [2.24, 2.45) is 0 Å². The van der Waals surface area contributed by atoms with Gasteiger partial charge in [-0.25, -0.2) is 0 Å². The standard InChI is InChI=1S/C17H32O6P2/c1-15(2)7-5-8-16(3)9-6-10-17(4)11-12-23-13-24(18,19)14-25(20,21)22/h7,9,11H,5-6,8,10,12-14H2,1-4H3,(H,18,19)(H2,20,21,22)/p-3/b16-9-,17-11+. The van der Waals surface area contributed by atoms with E-state index in [1.165, 1.54) is 11.1 Å². The molecule has 0 aromatic carbocycles. The summed E-state index contributed by atoms with van der Waals surface area (Å²) in [6.45, 7) is 8.28. The van der Waals surface area contributed by atoms with Gasteiger partial charge in [-0.1, -0.05) is 42.5 Å². The fourth-order valence-corrected chi connectivity index (χ4v) is 4.86. The summed E-state index contributed by atoms with van der Waals surface area (Å²) in [6.07, 6.45) is 9.26. The molecule has 0 bridgehead atoms. The topological polar surface area (TPSA) is 113 Å². The van der Waals surface area contributed by atoms with Crippen LogP contribution in [0.3, 0.4) is 0 Å². The van der Waals surface area contributed by atoms with Crippen LogP contribution in [-0.2, 0) is 13.9 Å². The van der Waals surface area contributed by atoms with Crippen LogP contribution < -0.4 is 14.7 Å². The molecule has 0 aromatic rings. The Kier molecular flexibility index (Phi) is 11.8. The molecule has 0 fully saturated rings. The first-order valence-corrected chi connectivity index (χ1v) is 12.0. The number of allylic oxidation sites excluding steroid dienone is 5. The SMILES string of the molecule is CC(C)=CCC/C(C)=C\CC/C(C)=C/COCP(=O)([O-])CP(=O)([O-])[O-]. The number of hydrogen-bond donors (Lipinski definition) is 0. The zero-order valence-electron chi connectivity index (χ0n) is 15.5. The van der Waals surface area contributed by atoms with E-state index in [9.17, 15) is 23.8 Å². The molecule has 0 heterocycles. The highest BCUT2D eigenvalue weighted by Gasteiger charge is 2.09. The number of rotatable bonds is 12. The largest absolute Gasteiger partial charge is 0.810 e. The summed E-state index contributed by atoms with van der Waals surface area (Å²) in [6, 6.07) is 0. The molecule has 0 spiro atoms. The predicted molar refractivity (Wildman–Crippen MR) is 96.3 cm³/mol. The van der Waals surface area contributed by atoms with Crippen molar-refractivity contribution >= 4 is 15.0 Å². The van der Waals surface area contributed by atoms with E-state index in [-0.39, 0.29) is 6.61 Å². The fourth-order valence-electron chi connectivity index (χ4n) is 2.04. The molecule has 0 aliphatic rings. The second-order valence-electron chi connectivity index (χ2n) is 6.53. The first kappa shape index (κ1) is 24.5. The maximum absolute atomic E-state index is 11.4. The summed E-state index contributed by atoms with van der Waals surface area (Å²) in [7, 11) is -9.40. The minimum absolute atomic E-state index is 0.0728. The Morgan fingerprint density at radius 2 is 1.40 bits per heavy atom. The zero-order valence-corrected chi connectivity index (χ0v) is 17.3. The van der Waals surface area contributed by atoms with Gasteiger partial charge in [-0.15, -0.1) is 0 Å². The molecule has 0 radical (unpaired) electrons. The van der Waals surface area contributed by atoms with Crippen molar-refractivity contribution in [3.63, 3.8) is 0 Å². The van der Waals surface area contributed by atoms with Crippen LogP contribution in [0.5, 0.6) is 0 Å². The molecule has 0 amide bonds. The van der Waals surface area contributed by atoms with Gasteiger partial charge in [-0.3, -0.25) is 0 Å². The molecule has 0 aromatic heterocycles. The lowest BCUT2D eigenvalue weighted by molar-refractivity contribution is -0.312. The third-order valence-corrected chi connectivity index (χ3v) is 7.03. The van der Waals surface area contributed by atoms with Gasteiger partial charge in [0.25, 0.3) is 0 Å². The Balaban J connectivity index is 4.08. The Hall–Kier alpha value is -0.480. The van der Waals surface area contributed by atoms with Crippen molar-refractivity contribution in [2.45, 2.75) is 53.4 Å². The molecule has 0 N–H and O–H groups in total. The van der Waals surface area contributed by atoms with Crippen molar-refractivity contribution in [3.05, 3.63) is 34.9 Å². The van der Waals surface area contributed by atoms with E-state index in [1.54, 1.807) is 6.08 Å². The van der Waals surface area contributed by atoms with Gasteiger partial charge in [0, 0.05) is 13.3 Å². The van der Waals surface area contributed by atoms with Crippen LogP contribution in [-0.4, -0.2) is 18.9 Å². The van der Waals surface area contributed by atoms with E-state index in [0.29, 0.717) is 0 Å². The first-order chi connectivity index (χ1) is 11.4. The Bertz CT molecular complexity index is 582. The maximum atomic E-state index is 11.4. The molecule has 0 saturated carbocycles. The van der Waals surface area contributed by atoms with Crippen LogP contribution in [0, 0.1) is 0 Å². The van der Waals surface area contributed by atoms with Crippen molar-refractivity contribution in [1.82, 2.24) is 0 Å². The molecule has 0 aliphatic heterocycles. The van der Waals surface area contributed by atoms with Crippen molar-refractivity contribution < 1.29 is 28.5 Å². The monoisotopic (exact) mass is 391 g/mol. The van der Waals surface area contributed by atoms with E-state index in [0.717, 1.165) is 31.3 Å². The molecular formula is C17H29O6P2-3. The summed E-state index contributed by atoms with van der Waals surface area (Å²) < 4.78 is 26.8. The molecule has 0 saturated heterocycles. The third kappa shape index (κ3) is 16.7. The molecule has 0 aliphatic carbocycles. The van der Waals surface area contributed by atoms with Crippen LogP contribution in [0.15, 0.2) is 34.9 Å². The van der Waals surface area contributed by atoms with Crippen molar-refractivity contribution in [2.75, 3.05) is 18.9 Å². The van der Waals surface area contributed by atoms with E-state index >= 15 is 0 Å².